The first-order chi connectivity index (χ1) is 7.74. The topological polar surface area (TPSA) is 37.4 Å². The molecule has 0 spiro atoms. The van der Waals surface area contributed by atoms with Crippen LogP contribution in [0.4, 0.5) is 0 Å². The van der Waals surface area contributed by atoms with Crippen LogP contribution < -0.4 is 0 Å². The van der Waals surface area contributed by atoms with Gasteiger partial charge in [0.1, 0.15) is 0 Å². The molecular formula is C12H13NO2S. The van der Waals surface area contributed by atoms with E-state index in [0.29, 0.717) is 18.5 Å². The summed E-state index contributed by atoms with van der Waals surface area (Å²) in [6, 6.07) is 7.40. The Morgan fingerprint density at radius 1 is 1.38 bits per heavy atom. The van der Waals surface area contributed by atoms with Gasteiger partial charge in [-0.05, 0) is 24.8 Å². The van der Waals surface area contributed by atoms with Crippen LogP contribution in [0.1, 0.15) is 23.2 Å². The van der Waals surface area contributed by atoms with Crippen LogP contribution >= 0.6 is 11.8 Å². The van der Waals surface area contributed by atoms with Gasteiger partial charge in [0.2, 0.25) is 5.91 Å². The molecule has 1 aromatic rings. The van der Waals surface area contributed by atoms with Gasteiger partial charge in [0.25, 0.3) is 5.91 Å². The van der Waals surface area contributed by atoms with E-state index in [1.54, 1.807) is 6.07 Å². The van der Waals surface area contributed by atoms with Gasteiger partial charge in [-0.15, -0.1) is 11.8 Å². The number of benzene rings is 1. The summed E-state index contributed by atoms with van der Waals surface area (Å²) in [6.07, 6.45) is 3.21. The third-order valence-electron chi connectivity index (χ3n) is 2.66. The molecule has 1 heterocycles. The van der Waals surface area contributed by atoms with Gasteiger partial charge in [0.05, 0.1) is 5.56 Å². The number of thioether (sulfide) groups is 1. The van der Waals surface area contributed by atoms with Crippen molar-refractivity contribution in [3.8, 4) is 0 Å². The average molecular weight is 235 g/mol. The molecule has 1 fully saturated rings. The molecule has 1 aliphatic rings. The molecule has 2 amide bonds. The van der Waals surface area contributed by atoms with E-state index in [1.165, 1.54) is 16.7 Å². The fraction of sp³-hybridized carbons (Fsp3) is 0.333. The van der Waals surface area contributed by atoms with Crippen LogP contribution in [0.25, 0.3) is 0 Å². The molecule has 0 atom stereocenters. The minimum atomic E-state index is -0.160. The molecular weight excluding hydrogens is 222 g/mol. The SMILES string of the molecule is CSc1ccccc1C(=O)N1CCCC1=O. The predicted molar refractivity (Wildman–Crippen MR) is 63.5 cm³/mol. The van der Waals surface area contributed by atoms with Crippen molar-refractivity contribution in [1.29, 1.82) is 0 Å². The summed E-state index contributed by atoms with van der Waals surface area (Å²) >= 11 is 1.52. The van der Waals surface area contributed by atoms with E-state index < -0.39 is 0 Å². The van der Waals surface area contributed by atoms with Gasteiger partial charge in [0.15, 0.2) is 0 Å². The third-order valence-corrected chi connectivity index (χ3v) is 3.45. The highest BCUT2D eigenvalue weighted by atomic mass is 32.2. The lowest BCUT2D eigenvalue weighted by molar-refractivity contribution is -0.125. The second kappa shape index (κ2) is 4.70. The zero-order valence-electron chi connectivity index (χ0n) is 9.10. The van der Waals surface area contributed by atoms with E-state index in [0.717, 1.165) is 11.3 Å². The van der Waals surface area contributed by atoms with Crippen LogP contribution in [-0.4, -0.2) is 29.5 Å². The Kier molecular flexibility index (Phi) is 3.29. The zero-order valence-corrected chi connectivity index (χ0v) is 9.92. The smallest absolute Gasteiger partial charge is 0.261 e. The van der Waals surface area contributed by atoms with Crippen molar-refractivity contribution in [1.82, 2.24) is 4.90 Å². The van der Waals surface area contributed by atoms with E-state index >= 15 is 0 Å². The maximum absolute atomic E-state index is 12.1. The van der Waals surface area contributed by atoms with Gasteiger partial charge < -0.3 is 0 Å². The lowest BCUT2D eigenvalue weighted by Gasteiger charge is -2.15. The van der Waals surface area contributed by atoms with Crippen LogP contribution in [0.2, 0.25) is 0 Å². The maximum atomic E-state index is 12.1. The number of carbonyl (C=O) groups excluding carboxylic acids is 2. The largest absolute Gasteiger partial charge is 0.278 e. The van der Waals surface area contributed by atoms with Crippen molar-refractivity contribution in [2.75, 3.05) is 12.8 Å². The second-order valence-electron chi connectivity index (χ2n) is 3.65. The minimum Gasteiger partial charge on any atom is -0.278 e. The van der Waals surface area contributed by atoms with Gasteiger partial charge in [-0.2, -0.15) is 0 Å². The van der Waals surface area contributed by atoms with E-state index in [1.807, 2.05) is 24.5 Å². The van der Waals surface area contributed by atoms with Crippen LogP contribution in [0, 0.1) is 0 Å². The summed E-state index contributed by atoms with van der Waals surface area (Å²) in [6.45, 7) is 0.556. The van der Waals surface area contributed by atoms with Gasteiger partial charge in [-0.25, -0.2) is 0 Å². The summed E-state index contributed by atoms with van der Waals surface area (Å²) in [5.41, 5.74) is 0.630. The molecule has 84 valence electrons. The maximum Gasteiger partial charge on any atom is 0.261 e. The first kappa shape index (κ1) is 11.2. The molecule has 4 heteroatoms. The van der Waals surface area contributed by atoms with Gasteiger partial charge in [-0.3, -0.25) is 14.5 Å². The molecule has 0 saturated carbocycles. The van der Waals surface area contributed by atoms with Gasteiger partial charge in [-0.1, -0.05) is 12.1 Å². The number of carbonyl (C=O) groups is 2. The van der Waals surface area contributed by atoms with E-state index in [9.17, 15) is 9.59 Å². The van der Waals surface area contributed by atoms with Crippen molar-refractivity contribution in [3.63, 3.8) is 0 Å². The fourth-order valence-electron chi connectivity index (χ4n) is 1.83. The van der Waals surface area contributed by atoms with Crippen LogP contribution in [0.3, 0.4) is 0 Å². The minimum absolute atomic E-state index is 0.0547. The number of likely N-dealkylation sites (tertiary alicyclic amines) is 1. The average Bonchev–Trinajstić information content (AvgIpc) is 2.74. The molecule has 0 aliphatic carbocycles. The van der Waals surface area contributed by atoms with Crippen molar-refractivity contribution in [2.45, 2.75) is 17.7 Å². The highest BCUT2D eigenvalue weighted by molar-refractivity contribution is 7.98. The monoisotopic (exact) mass is 235 g/mol. The van der Waals surface area contributed by atoms with Crippen molar-refractivity contribution in [2.24, 2.45) is 0 Å². The van der Waals surface area contributed by atoms with E-state index in [4.69, 9.17) is 0 Å². The number of nitrogens with zero attached hydrogens (tertiary/aromatic N) is 1. The van der Waals surface area contributed by atoms with E-state index in [-0.39, 0.29) is 11.8 Å². The molecule has 16 heavy (non-hydrogen) atoms. The molecule has 2 rings (SSSR count). The summed E-state index contributed by atoms with van der Waals surface area (Å²) in [5.74, 6) is -0.214. The Balaban J connectivity index is 2.30. The zero-order chi connectivity index (χ0) is 11.5. The third kappa shape index (κ3) is 1.97. The predicted octanol–water partition coefficient (Wildman–Crippen LogP) is 2.17. The molecule has 1 aliphatic heterocycles. The molecule has 0 bridgehead atoms. The quantitative estimate of drug-likeness (QED) is 0.582. The van der Waals surface area contributed by atoms with Gasteiger partial charge >= 0.3 is 0 Å². The number of imide groups is 1. The number of rotatable bonds is 2. The summed E-state index contributed by atoms with van der Waals surface area (Å²) in [5, 5.41) is 0. The summed E-state index contributed by atoms with van der Waals surface area (Å²) in [4.78, 5) is 25.9. The summed E-state index contributed by atoms with van der Waals surface area (Å²) < 4.78 is 0. The molecule has 0 radical (unpaired) electrons. The Morgan fingerprint density at radius 3 is 2.75 bits per heavy atom. The van der Waals surface area contributed by atoms with Crippen molar-refractivity contribution >= 4 is 23.6 Å². The molecule has 3 nitrogen and oxygen atoms in total. The fourth-order valence-corrected chi connectivity index (χ4v) is 2.42. The lowest BCUT2D eigenvalue weighted by atomic mass is 10.2. The molecule has 0 N–H and O–H groups in total. The number of hydrogen-bond acceptors (Lipinski definition) is 3. The van der Waals surface area contributed by atoms with Crippen molar-refractivity contribution < 1.29 is 9.59 Å². The van der Waals surface area contributed by atoms with E-state index in [2.05, 4.69) is 0 Å². The second-order valence-corrected chi connectivity index (χ2v) is 4.50. The van der Waals surface area contributed by atoms with Crippen LogP contribution in [-0.2, 0) is 4.79 Å². The number of hydrogen-bond donors (Lipinski definition) is 0. The van der Waals surface area contributed by atoms with Crippen LogP contribution in [0.15, 0.2) is 29.2 Å². The van der Waals surface area contributed by atoms with Crippen LogP contribution in [0.5, 0.6) is 0 Å². The Morgan fingerprint density at radius 2 is 2.12 bits per heavy atom. The first-order valence-corrected chi connectivity index (χ1v) is 6.44. The normalized spacial score (nSPS) is 15.6. The Hall–Kier alpha value is -1.29. The highest BCUT2D eigenvalue weighted by Crippen LogP contribution is 2.23. The lowest BCUT2D eigenvalue weighted by Crippen LogP contribution is -2.32. The Labute approximate surface area is 98.8 Å². The molecule has 1 saturated heterocycles. The number of amides is 2. The van der Waals surface area contributed by atoms with Gasteiger partial charge in [0, 0.05) is 17.9 Å². The highest BCUT2D eigenvalue weighted by Gasteiger charge is 2.28. The molecule has 0 aromatic heterocycles. The summed E-state index contributed by atoms with van der Waals surface area (Å²) in [7, 11) is 0. The molecule has 0 unspecified atom stereocenters. The first-order valence-electron chi connectivity index (χ1n) is 5.21. The molecule has 1 aromatic carbocycles. The Bertz CT molecular complexity index is 431. The standard InChI is InChI=1S/C12H13NO2S/c1-16-10-6-3-2-5-9(10)12(15)13-8-4-7-11(13)14/h2-3,5-6H,4,7-8H2,1H3. The van der Waals surface area contributed by atoms with Crippen molar-refractivity contribution in [3.05, 3.63) is 29.8 Å².